The van der Waals surface area contributed by atoms with E-state index in [2.05, 4.69) is 4.98 Å². The van der Waals surface area contributed by atoms with Gasteiger partial charge in [0, 0.05) is 5.69 Å². The molecule has 13 heavy (non-hydrogen) atoms. The monoisotopic (exact) mass is 171 g/mol. The largest absolute Gasteiger partial charge is 0.242 e. The van der Waals surface area contributed by atoms with E-state index < -0.39 is 0 Å². The zero-order valence-electron chi connectivity index (χ0n) is 7.57. The molecule has 3 nitrogen and oxygen atoms in total. The molecule has 1 rings (SSSR count). The van der Waals surface area contributed by atoms with Gasteiger partial charge in [0.25, 0.3) is 0 Å². The fourth-order valence-corrected chi connectivity index (χ4v) is 0.970. The summed E-state index contributed by atoms with van der Waals surface area (Å²) >= 11 is 0. The number of rotatable bonds is 1. The van der Waals surface area contributed by atoms with Gasteiger partial charge in [-0.05, 0) is 18.1 Å². The Hall–Kier alpha value is -1.87. The second-order valence-electron chi connectivity index (χ2n) is 3.04. The number of aromatic nitrogens is 1. The first-order valence-corrected chi connectivity index (χ1v) is 3.99. The number of nitriles is 2. The van der Waals surface area contributed by atoms with E-state index in [1.807, 2.05) is 26.0 Å². The van der Waals surface area contributed by atoms with E-state index in [4.69, 9.17) is 10.5 Å². The van der Waals surface area contributed by atoms with E-state index in [9.17, 15) is 0 Å². The van der Waals surface area contributed by atoms with Gasteiger partial charge in [0.15, 0.2) is 0 Å². The molecule has 0 amide bonds. The van der Waals surface area contributed by atoms with E-state index in [0.29, 0.717) is 11.3 Å². The van der Waals surface area contributed by atoms with Crippen molar-refractivity contribution in [1.82, 2.24) is 4.98 Å². The van der Waals surface area contributed by atoms with Crippen LogP contribution >= 0.6 is 0 Å². The molecule has 0 aliphatic rings. The summed E-state index contributed by atoms with van der Waals surface area (Å²) in [7, 11) is 0. The molecule has 3 heteroatoms. The Balaban J connectivity index is 3.27. The quantitative estimate of drug-likeness (QED) is 0.648. The van der Waals surface area contributed by atoms with Gasteiger partial charge >= 0.3 is 0 Å². The molecule has 0 aromatic carbocycles. The summed E-state index contributed by atoms with van der Waals surface area (Å²) < 4.78 is 0. The Morgan fingerprint density at radius 2 is 1.92 bits per heavy atom. The molecule has 0 bridgehead atoms. The second kappa shape index (κ2) is 3.69. The summed E-state index contributed by atoms with van der Waals surface area (Å²) in [5.41, 5.74) is 1.59. The highest BCUT2D eigenvalue weighted by atomic mass is 14.7. The van der Waals surface area contributed by atoms with Gasteiger partial charge in [0.1, 0.15) is 11.8 Å². The van der Waals surface area contributed by atoms with Crippen LogP contribution in [0, 0.1) is 22.7 Å². The zero-order valence-corrected chi connectivity index (χ0v) is 7.57. The fourth-order valence-electron chi connectivity index (χ4n) is 0.970. The molecule has 0 saturated heterocycles. The molecule has 1 aromatic rings. The lowest BCUT2D eigenvalue weighted by atomic mass is 10.1. The van der Waals surface area contributed by atoms with Crippen LogP contribution in [0.15, 0.2) is 12.1 Å². The van der Waals surface area contributed by atoms with Gasteiger partial charge in [0.2, 0.25) is 0 Å². The van der Waals surface area contributed by atoms with Crippen molar-refractivity contribution >= 4 is 0 Å². The van der Waals surface area contributed by atoms with Crippen LogP contribution in [0.5, 0.6) is 0 Å². The zero-order chi connectivity index (χ0) is 9.84. The van der Waals surface area contributed by atoms with Crippen molar-refractivity contribution in [1.29, 1.82) is 10.5 Å². The lowest BCUT2D eigenvalue weighted by Gasteiger charge is -2.03. The Labute approximate surface area is 77.3 Å². The highest BCUT2D eigenvalue weighted by Crippen LogP contribution is 2.13. The fraction of sp³-hybridized carbons (Fsp3) is 0.300. The van der Waals surface area contributed by atoms with Gasteiger partial charge in [-0.3, -0.25) is 0 Å². The van der Waals surface area contributed by atoms with Crippen LogP contribution in [0.1, 0.15) is 36.7 Å². The van der Waals surface area contributed by atoms with Crippen LogP contribution in [-0.4, -0.2) is 4.98 Å². The summed E-state index contributed by atoms with van der Waals surface area (Å²) in [6.45, 7) is 3.95. The van der Waals surface area contributed by atoms with Crippen molar-refractivity contribution in [3.8, 4) is 12.1 Å². The molecule has 0 fully saturated rings. The summed E-state index contributed by atoms with van der Waals surface area (Å²) in [5.74, 6) is 0.236. The molecule has 0 aliphatic carbocycles. The summed E-state index contributed by atoms with van der Waals surface area (Å²) in [4.78, 5) is 4.09. The molecule has 1 aromatic heterocycles. The summed E-state index contributed by atoms with van der Waals surface area (Å²) in [6, 6.07) is 7.15. The molecule has 0 saturated carbocycles. The molecular formula is C10H9N3. The molecule has 0 atom stereocenters. The summed E-state index contributed by atoms with van der Waals surface area (Å²) in [5, 5.41) is 17.3. The Morgan fingerprint density at radius 1 is 1.23 bits per heavy atom. The average Bonchev–Trinajstić information content (AvgIpc) is 2.16. The third-order valence-corrected chi connectivity index (χ3v) is 1.68. The van der Waals surface area contributed by atoms with Gasteiger partial charge in [-0.15, -0.1) is 0 Å². The number of nitrogens with zero attached hydrogens (tertiary/aromatic N) is 3. The molecular weight excluding hydrogens is 162 g/mol. The first-order chi connectivity index (χ1) is 6.17. The first-order valence-electron chi connectivity index (χ1n) is 3.99. The number of hydrogen-bond acceptors (Lipinski definition) is 3. The molecule has 0 unspecified atom stereocenters. The van der Waals surface area contributed by atoms with Crippen LogP contribution in [0.3, 0.4) is 0 Å². The van der Waals surface area contributed by atoms with Crippen LogP contribution in [0.4, 0.5) is 0 Å². The Kier molecular flexibility index (Phi) is 2.62. The maximum absolute atomic E-state index is 8.68. The van der Waals surface area contributed by atoms with E-state index in [-0.39, 0.29) is 5.92 Å². The van der Waals surface area contributed by atoms with E-state index in [1.165, 1.54) is 6.07 Å². The minimum atomic E-state index is 0.236. The highest BCUT2D eigenvalue weighted by Gasteiger charge is 2.05. The predicted molar refractivity (Wildman–Crippen MR) is 47.8 cm³/mol. The van der Waals surface area contributed by atoms with Crippen molar-refractivity contribution in [3.05, 3.63) is 29.1 Å². The van der Waals surface area contributed by atoms with Gasteiger partial charge in [0.05, 0.1) is 11.6 Å². The van der Waals surface area contributed by atoms with Crippen LogP contribution in [-0.2, 0) is 0 Å². The van der Waals surface area contributed by atoms with Gasteiger partial charge in [-0.1, -0.05) is 13.8 Å². The van der Waals surface area contributed by atoms with Crippen molar-refractivity contribution in [3.63, 3.8) is 0 Å². The van der Waals surface area contributed by atoms with Crippen LogP contribution in [0.2, 0.25) is 0 Å². The number of pyridine rings is 1. The lowest BCUT2D eigenvalue weighted by Crippen LogP contribution is -1.96. The van der Waals surface area contributed by atoms with Gasteiger partial charge in [-0.25, -0.2) is 4.98 Å². The average molecular weight is 171 g/mol. The highest BCUT2D eigenvalue weighted by molar-refractivity contribution is 5.37. The van der Waals surface area contributed by atoms with E-state index in [1.54, 1.807) is 6.07 Å². The van der Waals surface area contributed by atoms with E-state index in [0.717, 1.165) is 5.69 Å². The molecule has 0 aliphatic heterocycles. The third kappa shape index (κ3) is 2.04. The lowest BCUT2D eigenvalue weighted by molar-refractivity contribution is 0.819. The van der Waals surface area contributed by atoms with Crippen molar-refractivity contribution < 1.29 is 0 Å². The Bertz CT molecular complexity index is 361. The first kappa shape index (κ1) is 9.22. The maximum atomic E-state index is 8.68. The minimum Gasteiger partial charge on any atom is -0.242 e. The maximum Gasteiger partial charge on any atom is 0.142 e. The second-order valence-corrected chi connectivity index (χ2v) is 3.04. The Morgan fingerprint density at radius 3 is 2.38 bits per heavy atom. The standard InChI is InChI=1S/C10H9N3/c1-7(2)10-4-8(5-11)3-9(6-12)13-10/h3-4,7H,1-2H3. The third-order valence-electron chi connectivity index (χ3n) is 1.68. The molecule has 1 heterocycles. The van der Waals surface area contributed by atoms with Crippen molar-refractivity contribution in [2.45, 2.75) is 19.8 Å². The van der Waals surface area contributed by atoms with Gasteiger partial charge in [-0.2, -0.15) is 10.5 Å². The molecule has 0 spiro atoms. The van der Waals surface area contributed by atoms with Crippen molar-refractivity contribution in [2.75, 3.05) is 0 Å². The normalized spacial score (nSPS) is 9.31. The van der Waals surface area contributed by atoms with Crippen LogP contribution in [0.25, 0.3) is 0 Å². The minimum absolute atomic E-state index is 0.236. The van der Waals surface area contributed by atoms with Gasteiger partial charge < -0.3 is 0 Å². The SMILES string of the molecule is CC(C)c1cc(C#N)cc(C#N)n1. The smallest absolute Gasteiger partial charge is 0.142 e. The van der Waals surface area contributed by atoms with E-state index >= 15 is 0 Å². The molecule has 0 N–H and O–H groups in total. The number of hydrogen-bond donors (Lipinski definition) is 0. The predicted octanol–water partition coefficient (Wildman–Crippen LogP) is 1.95. The van der Waals surface area contributed by atoms with Crippen molar-refractivity contribution in [2.24, 2.45) is 0 Å². The molecule has 64 valence electrons. The molecule has 0 radical (unpaired) electrons. The van der Waals surface area contributed by atoms with Crippen LogP contribution < -0.4 is 0 Å². The topological polar surface area (TPSA) is 60.5 Å². The summed E-state index contributed by atoms with van der Waals surface area (Å²) in [6.07, 6.45) is 0.